The number of benzene rings is 1. The molecule has 0 amide bonds. The zero-order valence-electron chi connectivity index (χ0n) is 13.8. The molecular formula is C18H29NO. The van der Waals surface area contributed by atoms with Gasteiger partial charge in [0.25, 0.3) is 0 Å². The van der Waals surface area contributed by atoms with Crippen molar-refractivity contribution in [3.63, 3.8) is 0 Å². The standard InChI is InChI=1S/C18H29NO/c1-7-16-15(8-9-20-16)18(19)17-13(5)11(3)10(2)12(4)14(17)6/h15-16,18H,7-9,19H2,1-6H3. The molecule has 20 heavy (non-hydrogen) atoms. The third kappa shape index (κ3) is 2.40. The molecule has 0 aromatic heterocycles. The molecule has 2 nitrogen and oxygen atoms in total. The maximum Gasteiger partial charge on any atom is 0.0619 e. The van der Waals surface area contributed by atoms with Gasteiger partial charge in [-0.2, -0.15) is 0 Å². The van der Waals surface area contributed by atoms with Gasteiger partial charge in [-0.05, 0) is 80.8 Å². The van der Waals surface area contributed by atoms with E-state index in [1.54, 1.807) is 0 Å². The maximum atomic E-state index is 6.68. The number of rotatable bonds is 3. The van der Waals surface area contributed by atoms with E-state index in [2.05, 4.69) is 41.5 Å². The van der Waals surface area contributed by atoms with E-state index < -0.39 is 0 Å². The predicted octanol–water partition coefficient (Wildman–Crippen LogP) is 4.04. The lowest BCUT2D eigenvalue weighted by Crippen LogP contribution is -2.29. The largest absolute Gasteiger partial charge is 0.378 e. The molecule has 3 atom stereocenters. The van der Waals surface area contributed by atoms with Gasteiger partial charge in [-0.15, -0.1) is 0 Å². The van der Waals surface area contributed by atoms with Crippen LogP contribution in [0.15, 0.2) is 0 Å². The quantitative estimate of drug-likeness (QED) is 0.903. The highest BCUT2D eigenvalue weighted by atomic mass is 16.5. The number of hydrogen-bond donors (Lipinski definition) is 1. The van der Waals surface area contributed by atoms with Crippen molar-refractivity contribution in [2.24, 2.45) is 11.7 Å². The van der Waals surface area contributed by atoms with Crippen LogP contribution < -0.4 is 5.73 Å². The van der Waals surface area contributed by atoms with Crippen LogP contribution in [0.25, 0.3) is 0 Å². The Kier molecular flexibility index (Phi) is 4.55. The summed E-state index contributed by atoms with van der Waals surface area (Å²) in [6.45, 7) is 14.2. The first-order valence-electron chi connectivity index (χ1n) is 7.84. The number of ether oxygens (including phenoxy) is 1. The van der Waals surface area contributed by atoms with E-state index in [0.29, 0.717) is 12.0 Å². The van der Waals surface area contributed by atoms with Crippen LogP contribution in [-0.2, 0) is 4.74 Å². The minimum absolute atomic E-state index is 0.0976. The van der Waals surface area contributed by atoms with Crippen LogP contribution in [0, 0.1) is 40.5 Å². The van der Waals surface area contributed by atoms with Gasteiger partial charge >= 0.3 is 0 Å². The smallest absolute Gasteiger partial charge is 0.0619 e. The second-order valence-electron chi connectivity index (χ2n) is 6.33. The summed E-state index contributed by atoms with van der Waals surface area (Å²) in [5.41, 5.74) is 15.0. The van der Waals surface area contributed by atoms with Crippen molar-refractivity contribution in [1.82, 2.24) is 0 Å². The molecule has 0 saturated carbocycles. The van der Waals surface area contributed by atoms with Gasteiger partial charge in [-0.1, -0.05) is 6.92 Å². The number of nitrogens with two attached hydrogens (primary N) is 1. The van der Waals surface area contributed by atoms with Crippen molar-refractivity contribution in [2.75, 3.05) is 6.61 Å². The first-order chi connectivity index (χ1) is 9.40. The Morgan fingerprint density at radius 3 is 2.00 bits per heavy atom. The van der Waals surface area contributed by atoms with Crippen molar-refractivity contribution in [3.05, 3.63) is 33.4 Å². The molecular weight excluding hydrogens is 246 g/mol. The highest BCUT2D eigenvalue weighted by Crippen LogP contribution is 2.38. The van der Waals surface area contributed by atoms with Gasteiger partial charge in [-0.3, -0.25) is 0 Å². The van der Waals surface area contributed by atoms with Crippen LogP contribution in [0.3, 0.4) is 0 Å². The van der Waals surface area contributed by atoms with Gasteiger partial charge in [0.05, 0.1) is 6.10 Å². The van der Waals surface area contributed by atoms with Crippen molar-refractivity contribution >= 4 is 0 Å². The second-order valence-corrected chi connectivity index (χ2v) is 6.33. The molecule has 1 saturated heterocycles. The van der Waals surface area contributed by atoms with Gasteiger partial charge in [-0.25, -0.2) is 0 Å². The zero-order valence-corrected chi connectivity index (χ0v) is 13.8. The third-order valence-electron chi connectivity index (χ3n) is 5.52. The van der Waals surface area contributed by atoms with Crippen molar-refractivity contribution < 1.29 is 4.74 Å². The lowest BCUT2D eigenvalue weighted by molar-refractivity contribution is 0.0812. The first kappa shape index (κ1) is 15.5. The molecule has 1 aromatic rings. The predicted molar refractivity (Wildman–Crippen MR) is 85.2 cm³/mol. The topological polar surface area (TPSA) is 35.2 Å². The Labute approximate surface area is 123 Å². The molecule has 3 unspecified atom stereocenters. The molecule has 1 aliphatic heterocycles. The Hall–Kier alpha value is -0.860. The molecule has 1 fully saturated rings. The average Bonchev–Trinajstić information content (AvgIpc) is 2.91. The fourth-order valence-electron chi connectivity index (χ4n) is 3.74. The van der Waals surface area contributed by atoms with E-state index in [-0.39, 0.29) is 6.04 Å². The third-order valence-corrected chi connectivity index (χ3v) is 5.52. The average molecular weight is 275 g/mol. The molecule has 2 rings (SSSR count). The van der Waals surface area contributed by atoms with Crippen LogP contribution in [0.4, 0.5) is 0 Å². The van der Waals surface area contributed by atoms with Gasteiger partial charge in [0.15, 0.2) is 0 Å². The van der Waals surface area contributed by atoms with Crippen LogP contribution in [0.5, 0.6) is 0 Å². The summed E-state index contributed by atoms with van der Waals surface area (Å²) < 4.78 is 5.84. The van der Waals surface area contributed by atoms with E-state index >= 15 is 0 Å². The van der Waals surface area contributed by atoms with E-state index in [1.807, 2.05) is 0 Å². The Morgan fingerprint density at radius 1 is 1.00 bits per heavy atom. The van der Waals surface area contributed by atoms with Crippen LogP contribution in [0.1, 0.15) is 59.2 Å². The van der Waals surface area contributed by atoms with E-state index in [0.717, 1.165) is 19.4 Å². The summed E-state index contributed by atoms with van der Waals surface area (Å²) in [5, 5.41) is 0. The van der Waals surface area contributed by atoms with Crippen LogP contribution >= 0.6 is 0 Å². The van der Waals surface area contributed by atoms with Gasteiger partial charge < -0.3 is 10.5 Å². The molecule has 2 heteroatoms. The summed E-state index contributed by atoms with van der Waals surface area (Å²) in [6.07, 6.45) is 2.47. The second kappa shape index (κ2) is 5.87. The highest BCUT2D eigenvalue weighted by molar-refractivity contribution is 5.50. The zero-order chi connectivity index (χ0) is 15.0. The maximum absolute atomic E-state index is 6.68. The summed E-state index contributed by atoms with van der Waals surface area (Å²) in [4.78, 5) is 0. The minimum Gasteiger partial charge on any atom is -0.378 e. The molecule has 0 bridgehead atoms. The minimum atomic E-state index is 0.0976. The highest BCUT2D eigenvalue weighted by Gasteiger charge is 2.34. The molecule has 1 aliphatic rings. The lowest BCUT2D eigenvalue weighted by Gasteiger charge is -2.29. The van der Waals surface area contributed by atoms with Gasteiger partial charge in [0.1, 0.15) is 0 Å². The fraction of sp³-hybridized carbons (Fsp3) is 0.667. The van der Waals surface area contributed by atoms with Crippen molar-refractivity contribution in [1.29, 1.82) is 0 Å². The summed E-state index contributed by atoms with van der Waals surface area (Å²) in [6, 6.07) is 0.0976. The number of hydrogen-bond acceptors (Lipinski definition) is 2. The molecule has 0 radical (unpaired) electrons. The summed E-state index contributed by atoms with van der Waals surface area (Å²) in [7, 11) is 0. The lowest BCUT2D eigenvalue weighted by atomic mass is 9.80. The summed E-state index contributed by atoms with van der Waals surface area (Å²) >= 11 is 0. The summed E-state index contributed by atoms with van der Waals surface area (Å²) in [5.74, 6) is 0.457. The molecule has 1 heterocycles. The van der Waals surface area contributed by atoms with Gasteiger partial charge in [0, 0.05) is 18.6 Å². The molecule has 112 valence electrons. The monoisotopic (exact) mass is 275 g/mol. The van der Waals surface area contributed by atoms with E-state index in [1.165, 1.54) is 33.4 Å². The molecule has 2 N–H and O–H groups in total. The SMILES string of the molecule is CCC1OCCC1C(N)c1c(C)c(C)c(C)c(C)c1C. The van der Waals surface area contributed by atoms with E-state index in [4.69, 9.17) is 10.5 Å². The first-order valence-corrected chi connectivity index (χ1v) is 7.84. The Bertz CT molecular complexity index is 478. The molecule has 0 spiro atoms. The molecule has 1 aromatic carbocycles. The van der Waals surface area contributed by atoms with Crippen LogP contribution in [-0.4, -0.2) is 12.7 Å². The van der Waals surface area contributed by atoms with E-state index in [9.17, 15) is 0 Å². The van der Waals surface area contributed by atoms with Crippen LogP contribution in [0.2, 0.25) is 0 Å². The van der Waals surface area contributed by atoms with Crippen molar-refractivity contribution in [2.45, 2.75) is 66.5 Å². The fourth-order valence-corrected chi connectivity index (χ4v) is 3.74. The Morgan fingerprint density at radius 2 is 1.50 bits per heavy atom. The molecule has 0 aliphatic carbocycles. The van der Waals surface area contributed by atoms with Gasteiger partial charge in [0.2, 0.25) is 0 Å². The Balaban J connectivity index is 2.47. The van der Waals surface area contributed by atoms with Crippen molar-refractivity contribution in [3.8, 4) is 0 Å². The normalized spacial score (nSPS) is 24.1.